The first kappa shape index (κ1) is 52.3. The molecule has 0 radical (unpaired) electrons. The number of alkyl halides is 1. The highest BCUT2D eigenvalue weighted by molar-refractivity contribution is 9.08. The van der Waals surface area contributed by atoms with Crippen molar-refractivity contribution in [2.24, 2.45) is 0 Å². The van der Waals surface area contributed by atoms with E-state index in [9.17, 15) is 19.5 Å². The molecule has 4 rings (SSSR count). The number of carbonyl (C=O) groups excluding carboxylic acids is 3. The van der Waals surface area contributed by atoms with Crippen LogP contribution < -0.4 is 0 Å². The second-order valence-corrected chi connectivity index (χ2v) is 16.9. The quantitative estimate of drug-likeness (QED) is 0.177. The Bertz CT molecular complexity index is 1740. The zero-order valence-corrected chi connectivity index (χ0v) is 39.2. The van der Waals surface area contributed by atoms with Crippen LogP contribution in [0, 0.1) is 50.4 Å². The molecule has 0 fully saturated rings. The number of fused-ring (bicyclic) bond motifs is 2. The van der Waals surface area contributed by atoms with Crippen molar-refractivity contribution in [1.29, 1.82) is 0 Å². The Morgan fingerprint density at radius 3 is 1.39 bits per heavy atom. The lowest BCUT2D eigenvalue weighted by atomic mass is 10.0. The van der Waals surface area contributed by atoms with Gasteiger partial charge in [-0.05, 0) is 128 Å². The Kier molecular flexibility index (Phi) is 22.8. The Labute approximate surface area is 364 Å². The Morgan fingerprint density at radius 2 is 1.10 bits per heavy atom. The van der Waals surface area contributed by atoms with Crippen molar-refractivity contribution in [3.05, 3.63) is 68.8 Å². The molecule has 2 aliphatic heterocycles. The molecule has 0 aromatic heterocycles. The third-order valence-corrected chi connectivity index (χ3v) is 8.45. The molecule has 2 aliphatic rings. The van der Waals surface area contributed by atoms with E-state index >= 15 is 0 Å². The zero-order chi connectivity index (χ0) is 46.4. The molecule has 0 saturated carbocycles. The Morgan fingerprint density at radius 1 is 0.746 bits per heavy atom. The number of terminal acetylenes is 2. The Balaban J connectivity index is 0.000000806. The summed E-state index contributed by atoms with van der Waals surface area (Å²) in [5, 5.41) is 18.0. The van der Waals surface area contributed by atoms with E-state index in [0.717, 1.165) is 27.6 Å². The van der Waals surface area contributed by atoms with Gasteiger partial charge in [0.15, 0.2) is 0 Å². The lowest BCUT2D eigenvalue weighted by molar-refractivity contribution is 0.0232. The van der Waals surface area contributed by atoms with E-state index in [1.54, 1.807) is 44.4 Å². The highest BCUT2D eigenvalue weighted by Crippen LogP contribution is 2.29. The summed E-state index contributed by atoms with van der Waals surface area (Å²) in [6.45, 7) is 27.5. The average Bonchev–Trinajstić information content (AvgIpc) is 3.74. The third kappa shape index (κ3) is 20.7. The molecule has 0 aliphatic carbocycles. The predicted molar refractivity (Wildman–Crippen MR) is 239 cm³/mol. The predicted octanol–water partition coefficient (Wildman–Crippen LogP) is 9.40. The molecule has 2 heterocycles. The monoisotopic (exact) mass is 882 g/mol. The lowest BCUT2D eigenvalue weighted by Gasteiger charge is -2.24. The van der Waals surface area contributed by atoms with Crippen molar-refractivity contribution < 1.29 is 40.2 Å². The highest BCUT2D eigenvalue weighted by atomic mass is 79.9. The fourth-order valence-corrected chi connectivity index (χ4v) is 5.89. The summed E-state index contributed by atoms with van der Waals surface area (Å²) >= 11 is 3.50. The van der Waals surface area contributed by atoms with Crippen LogP contribution in [0.5, 0.6) is 0 Å². The number of aliphatic hydroxyl groups is 2. The Hall–Kier alpha value is -4.67. The van der Waals surface area contributed by atoms with Crippen LogP contribution in [0.15, 0.2) is 24.3 Å². The van der Waals surface area contributed by atoms with Crippen molar-refractivity contribution in [1.82, 2.24) is 14.7 Å². The summed E-state index contributed by atoms with van der Waals surface area (Å²) in [6, 6.07) is 8.39. The van der Waals surface area contributed by atoms with Crippen molar-refractivity contribution >= 4 is 34.2 Å². The zero-order valence-electron chi connectivity index (χ0n) is 38.6. The van der Waals surface area contributed by atoms with Gasteiger partial charge in [-0.2, -0.15) is 0 Å². The molecule has 0 atom stereocenters. The minimum atomic E-state index is -0.529. The number of benzene rings is 2. The van der Waals surface area contributed by atoms with Gasteiger partial charge in [0, 0.05) is 32.9 Å². The maximum absolute atomic E-state index is 12.1. The third-order valence-electron chi connectivity index (χ3n) is 7.85. The molecule has 326 valence electrons. The van der Waals surface area contributed by atoms with E-state index in [2.05, 4.69) is 58.7 Å². The summed E-state index contributed by atoms with van der Waals surface area (Å²) < 4.78 is 22.1. The van der Waals surface area contributed by atoms with Crippen LogP contribution in [0.1, 0.15) is 129 Å². The van der Waals surface area contributed by atoms with Gasteiger partial charge < -0.3 is 24.4 Å². The average molecular weight is 884 g/mol. The van der Waals surface area contributed by atoms with Crippen LogP contribution in [0.4, 0.5) is 14.4 Å². The van der Waals surface area contributed by atoms with E-state index < -0.39 is 22.9 Å². The van der Waals surface area contributed by atoms with Gasteiger partial charge in [-0.1, -0.05) is 71.8 Å². The number of hydrogen-bond acceptors (Lipinski definition) is 8. The molecule has 2 aromatic rings. The van der Waals surface area contributed by atoms with E-state index in [0.29, 0.717) is 33.1 Å². The first-order valence-electron chi connectivity index (χ1n) is 20.0. The fourth-order valence-electron chi connectivity index (χ4n) is 5.29. The minimum absolute atomic E-state index is 0.0174. The molecule has 0 spiro atoms. The van der Waals surface area contributed by atoms with Gasteiger partial charge in [-0.15, -0.1) is 18.8 Å². The topological polar surface area (TPSA) is 129 Å². The number of amides is 3. The molecular formula is C47H68BrN3O8. The normalized spacial score (nSPS) is 12.4. The largest absolute Gasteiger partial charge is 0.444 e. The van der Waals surface area contributed by atoms with Crippen LogP contribution in [0.25, 0.3) is 0 Å². The number of rotatable bonds is 4. The lowest BCUT2D eigenvalue weighted by Crippen LogP contribution is -2.37. The molecule has 11 nitrogen and oxygen atoms in total. The van der Waals surface area contributed by atoms with Gasteiger partial charge in [0.25, 0.3) is 0 Å². The first-order chi connectivity index (χ1) is 27.8. The summed E-state index contributed by atoms with van der Waals surface area (Å²) in [5.41, 5.74) is 7.78. The van der Waals surface area contributed by atoms with Crippen molar-refractivity contribution in [2.45, 2.75) is 152 Å². The standard InChI is InChI=1S/C15H20BrNO2.C15H21NO3.C11H15NO2.C4H6O.C2H6/c1-10-5-12-8-17(14(18)19-15(2,3)4)9-13(12)6-11(10)7-16;1-10-5-11-7-16(14(18)19-15(2,3)4)8-12(11)6-13(10)9-17;1-6-8-12(9-7-2)10(13)14-11(3,4)5;1-2-3-4-5;1-2/h5-6H,7-9H2,1-4H3;5-6,17H,7-9H2,1-4H3;1-2H,8-9H2,3-5H3;5H,4H2,1H3;1-2H3/i;;;;1D. The van der Waals surface area contributed by atoms with Gasteiger partial charge in [-0.3, -0.25) is 14.7 Å². The van der Waals surface area contributed by atoms with E-state index in [4.69, 9.17) is 33.5 Å². The number of halogens is 1. The number of carbonyl (C=O) groups is 3. The molecule has 12 heteroatoms. The van der Waals surface area contributed by atoms with Crippen molar-refractivity contribution in [3.63, 3.8) is 0 Å². The van der Waals surface area contributed by atoms with Gasteiger partial charge in [0.05, 0.1) is 19.7 Å². The van der Waals surface area contributed by atoms with Crippen molar-refractivity contribution in [3.8, 4) is 36.5 Å². The molecule has 0 unspecified atom stereocenters. The van der Waals surface area contributed by atoms with Crippen molar-refractivity contribution in [2.75, 3.05) is 19.7 Å². The van der Waals surface area contributed by atoms with E-state index in [-0.39, 0.29) is 38.5 Å². The molecule has 59 heavy (non-hydrogen) atoms. The number of hydrogen-bond donors (Lipinski definition) is 2. The number of nitrogens with zero attached hydrogens (tertiary/aromatic N) is 3. The number of ether oxygens (including phenoxy) is 3. The summed E-state index contributed by atoms with van der Waals surface area (Å²) in [5.74, 6) is 9.63. The molecule has 2 aromatic carbocycles. The summed E-state index contributed by atoms with van der Waals surface area (Å²) in [4.78, 5) is 40.3. The highest BCUT2D eigenvalue weighted by Gasteiger charge is 2.29. The summed E-state index contributed by atoms with van der Waals surface area (Å²) in [7, 11) is 0. The summed E-state index contributed by atoms with van der Waals surface area (Å²) in [6.07, 6.45) is 9.19. The molecule has 2 N–H and O–H groups in total. The molecule has 3 amide bonds. The minimum Gasteiger partial charge on any atom is -0.444 e. The van der Waals surface area contributed by atoms with Crippen LogP contribution in [0.3, 0.4) is 0 Å². The number of aliphatic hydroxyl groups excluding tert-OH is 2. The van der Waals surface area contributed by atoms with Gasteiger partial charge in [-0.25, -0.2) is 14.4 Å². The van der Waals surface area contributed by atoms with Crippen LogP contribution >= 0.6 is 15.9 Å². The second kappa shape index (κ2) is 25.7. The van der Waals surface area contributed by atoms with Gasteiger partial charge in [0.2, 0.25) is 0 Å². The second-order valence-electron chi connectivity index (χ2n) is 16.4. The number of aryl methyl sites for hydroxylation is 2. The molecular weight excluding hydrogens is 814 g/mol. The van der Waals surface area contributed by atoms with E-state index in [1.807, 2.05) is 60.6 Å². The van der Waals surface area contributed by atoms with Gasteiger partial charge in [0.1, 0.15) is 23.4 Å². The first-order valence-corrected chi connectivity index (χ1v) is 20.5. The van der Waals surface area contributed by atoms with Crippen LogP contribution in [0.2, 0.25) is 0 Å². The molecule has 0 saturated heterocycles. The maximum atomic E-state index is 12.1. The van der Waals surface area contributed by atoms with Crippen LogP contribution in [-0.2, 0) is 52.3 Å². The van der Waals surface area contributed by atoms with Crippen LogP contribution in [-0.4, -0.2) is 79.7 Å². The SMILES string of the molecule is C#CCN(CC#C)C(=O)OC(C)(C)C.CC#CCO.Cc1cc2c(cc1CBr)CN(C(=O)OC(C)(C)C)C2.Cc1cc2c(cc1CO)CN(C(=O)OC(C)(C)C)C2.[2H]CC. The fraction of sp³-hybridized carbons (Fsp3) is 0.553. The van der Waals surface area contributed by atoms with Gasteiger partial charge >= 0.3 is 18.3 Å². The van der Waals surface area contributed by atoms with E-state index in [1.165, 1.54) is 27.2 Å². The maximum Gasteiger partial charge on any atom is 0.411 e. The smallest absolute Gasteiger partial charge is 0.411 e. The molecule has 0 bridgehead atoms.